The summed E-state index contributed by atoms with van der Waals surface area (Å²) < 4.78 is 25.8. The zero-order chi connectivity index (χ0) is 13.8. The Morgan fingerprint density at radius 3 is 2.89 bits per heavy atom. The lowest BCUT2D eigenvalue weighted by Crippen LogP contribution is -3.14. The fourth-order valence-electron chi connectivity index (χ4n) is 2.56. The van der Waals surface area contributed by atoms with Crippen molar-refractivity contribution >= 4 is 11.6 Å². The number of carbonyl (C=O) groups is 1. The number of anilines is 1. The van der Waals surface area contributed by atoms with Gasteiger partial charge in [0.2, 0.25) is 0 Å². The first-order valence-electron chi connectivity index (χ1n) is 6.63. The third-order valence-electron chi connectivity index (χ3n) is 3.48. The molecule has 1 aliphatic rings. The summed E-state index contributed by atoms with van der Waals surface area (Å²) >= 11 is 0. The average molecular weight is 269 g/mol. The average Bonchev–Trinajstić information content (AvgIpc) is 2.34. The van der Waals surface area contributed by atoms with Gasteiger partial charge in [-0.1, -0.05) is 6.92 Å². The predicted octanol–water partition coefficient (Wildman–Crippen LogP) is 1.22. The van der Waals surface area contributed by atoms with Crippen molar-refractivity contribution in [2.24, 2.45) is 5.92 Å². The molecule has 0 radical (unpaired) electrons. The highest BCUT2D eigenvalue weighted by atomic mass is 19.2. The van der Waals surface area contributed by atoms with Crippen molar-refractivity contribution in [2.45, 2.75) is 19.8 Å². The van der Waals surface area contributed by atoms with Crippen LogP contribution in [0.2, 0.25) is 0 Å². The molecular weight excluding hydrogens is 250 g/mol. The lowest BCUT2D eigenvalue weighted by Gasteiger charge is -2.27. The molecular formula is C14H19F2N2O+. The molecule has 19 heavy (non-hydrogen) atoms. The molecule has 2 rings (SSSR count). The molecule has 0 aromatic heterocycles. The molecule has 1 saturated heterocycles. The van der Waals surface area contributed by atoms with Crippen molar-refractivity contribution in [3.63, 3.8) is 0 Å². The molecule has 1 unspecified atom stereocenters. The molecule has 0 spiro atoms. The smallest absolute Gasteiger partial charge is 0.279 e. The number of piperidine rings is 1. The molecule has 1 aromatic rings. The minimum absolute atomic E-state index is 0.157. The third-order valence-corrected chi connectivity index (χ3v) is 3.48. The zero-order valence-electron chi connectivity index (χ0n) is 11.0. The van der Waals surface area contributed by atoms with E-state index in [4.69, 9.17) is 0 Å². The van der Waals surface area contributed by atoms with Crippen LogP contribution in [0.4, 0.5) is 14.5 Å². The Morgan fingerprint density at radius 2 is 2.21 bits per heavy atom. The van der Waals surface area contributed by atoms with Crippen LogP contribution in [0.25, 0.3) is 0 Å². The molecule has 1 aliphatic heterocycles. The van der Waals surface area contributed by atoms with E-state index in [0.717, 1.165) is 31.6 Å². The predicted molar refractivity (Wildman–Crippen MR) is 68.9 cm³/mol. The van der Waals surface area contributed by atoms with Gasteiger partial charge in [-0.05, 0) is 25.0 Å². The summed E-state index contributed by atoms with van der Waals surface area (Å²) in [5.74, 6) is -1.37. The number of rotatable bonds is 3. The number of hydrogen-bond donors (Lipinski definition) is 2. The standard InChI is InChI=1S/C14H18F2N2O/c1-10-3-2-6-18(8-10)9-14(19)17-11-4-5-12(15)13(16)7-11/h4-5,7,10H,2-3,6,8-9H2,1H3,(H,17,19)/p+1/t10-/m0/s1. The Morgan fingerprint density at radius 1 is 1.42 bits per heavy atom. The van der Waals surface area contributed by atoms with E-state index in [1.54, 1.807) is 0 Å². The van der Waals surface area contributed by atoms with Gasteiger partial charge in [0.25, 0.3) is 5.91 Å². The largest absolute Gasteiger partial charge is 0.327 e. The van der Waals surface area contributed by atoms with Crippen molar-refractivity contribution in [1.29, 1.82) is 0 Å². The number of halogens is 2. The Balaban J connectivity index is 1.88. The molecule has 0 bridgehead atoms. The Labute approximate surface area is 111 Å². The quantitative estimate of drug-likeness (QED) is 0.850. The van der Waals surface area contributed by atoms with Crippen LogP contribution >= 0.6 is 0 Å². The van der Waals surface area contributed by atoms with Gasteiger partial charge < -0.3 is 10.2 Å². The molecule has 1 aromatic carbocycles. The SMILES string of the molecule is C[C@H]1CCC[NH+](CC(=O)Nc2ccc(F)c(F)c2)C1. The van der Waals surface area contributed by atoms with Crippen molar-refractivity contribution in [2.75, 3.05) is 25.0 Å². The number of hydrogen-bond acceptors (Lipinski definition) is 1. The third kappa shape index (κ3) is 3.99. The van der Waals surface area contributed by atoms with Crippen LogP contribution in [0.15, 0.2) is 18.2 Å². The van der Waals surface area contributed by atoms with E-state index >= 15 is 0 Å². The monoisotopic (exact) mass is 269 g/mol. The summed E-state index contributed by atoms with van der Waals surface area (Å²) in [6.45, 7) is 4.55. The van der Waals surface area contributed by atoms with Crippen LogP contribution < -0.4 is 10.2 Å². The molecule has 5 heteroatoms. The van der Waals surface area contributed by atoms with Crippen LogP contribution in [0, 0.1) is 17.6 Å². The highest BCUT2D eigenvalue weighted by molar-refractivity contribution is 5.91. The van der Waals surface area contributed by atoms with E-state index in [2.05, 4.69) is 12.2 Å². The summed E-state index contributed by atoms with van der Waals surface area (Å²) in [5, 5.41) is 2.61. The van der Waals surface area contributed by atoms with Crippen molar-refractivity contribution < 1.29 is 18.5 Å². The van der Waals surface area contributed by atoms with Crippen LogP contribution in [-0.2, 0) is 4.79 Å². The second-order valence-corrected chi connectivity index (χ2v) is 5.31. The molecule has 3 nitrogen and oxygen atoms in total. The van der Waals surface area contributed by atoms with Gasteiger partial charge in [0.15, 0.2) is 18.2 Å². The maximum Gasteiger partial charge on any atom is 0.279 e. The topological polar surface area (TPSA) is 33.5 Å². The molecule has 2 N–H and O–H groups in total. The van der Waals surface area contributed by atoms with Gasteiger partial charge in [-0.15, -0.1) is 0 Å². The van der Waals surface area contributed by atoms with E-state index in [9.17, 15) is 13.6 Å². The molecule has 1 fully saturated rings. The first-order valence-corrected chi connectivity index (χ1v) is 6.63. The first kappa shape index (κ1) is 13.9. The highest BCUT2D eigenvalue weighted by Gasteiger charge is 2.22. The van der Waals surface area contributed by atoms with E-state index in [1.165, 1.54) is 17.4 Å². The highest BCUT2D eigenvalue weighted by Crippen LogP contribution is 2.12. The van der Waals surface area contributed by atoms with Gasteiger partial charge in [-0.3, -0.25) is 4.79 Å². The van der Waals surface area contributed by atoms with Crippen LogP contribution in [0.3, 0.4) is 0 Å². The molecule has 104 valence electrons. The fraction of sp³-hybridized carbons (Fsp3) is 0.500. The van der Waals surface area contributed by atoms with Crippen molar-refractivity contribution in [3.8, 4) is 0 Å². The number of carbonyl (C=O) groups excluding carboxylic acids is 1. The van der Waals surface area contributed by atoms with E-state index < -0.39 is 11.6 Å². The van der Waals surface area contributed by atoms with E-state index in [1.807, 2.05) is 0 Å². The van der Waals surface area contributed by atoms with Gasteiger partial charge in [0.1, 0.15) is 0 Å². The summed E-state index contributed by atoms with van der Waals surface area (Å²) in [5.41, 5.74) is 0.299. The maximum absolute atomic E-state index is 13.0. The number of quaternary nitrogens is 1. The summed E-state index contributed by atoms with van der Waals surface area (Å²) in [6.07, 6.45) is 2.35. The minimum atomic E-state index is -0.947. The fourth-order valence-corrected chi connectivity index (χ4v) is 2.56. The van der Waals surface area contributed by atoms with E-state index in [-0.39, 0.29) is 5.91 Å². The number of benzene rings is 1. The second-order valence-electron chi connectivity index (χ2n) is 5.31. The zero-order valence-corrected chi connectivity index (χ0v) is 11.0. The van der Waals surface area contributed by atoms with Gasteiger partial charge in [0.05, 0.1) is 13.1 Å². The Kier molecular flexibility index (Phi) is 4.47. The second kappa shape index (κ2) is 6.10. The van der Waals surface area contributed by atoms with Crippen LogP contribution in [0.5, 0.6) is 0 Å². The maximum atomic E-state index is 13.0. The Bertz CT molecular complexity index is 465. The first-order chi connectivity index (χ1) is 9.04. The summed E-state index contributed by atoms with van der Waals surface area (Å²) in [7, 11) is 0. The summed E-state index contributed by atoms with van der Waals surface area (Å²) in [6, 6.07) is 3.38. The summed E-state index contributed by atoms with van der Waals surface area (Å²) in [4.78, 5) is 13.1. The van der Waals surface area contributed by atoms with Gasteiger partial charge in [-0.2, -0.15) is 0 Å². The molecule has 1 amide bonds. The van der Waals surface area contributed by atoms with Crippen molar-refractivity contribution in [3.05, 3.63) is 29.8 Å². The van der Waals surface area contributed by atoms with Crippen LogP contribution in [0.1, 0.15) is 19.8 Å². The number of likely N-dealkylation sites (tertiary alicyclic amines) is 1. The lowest BCUT2D eigenvalue weighted by molar-refractivity contribution is -0.900. The molecule has 0 aliphatic carbocycles. The van der Waals surface area contributed by atoms with Gasteiger partial charge >= 0.3 is 0 Å². The molecule has 1 heterocycles. The van der Waals surface area contributed by atoms with Gasteiger partial charge in [-0.25, -0.2) is 8.78 Å². The minimum Gasteiger partial charge on any atom is -0.327 e. The Hall–Kier alpha value is -1.49. The lowest BCUT2D eigenvalue weighted by atomic mass is 10.0. The van der Waals surface area contributed by atoms with E-state index in [0.29, 0.717) is 18.2 Å². The number of nitrogens with one attached hydrogen (secondary N) is 2. The van der Waals surface area contributed by atoms with Gasteiger partial charge in [0, 0.05) is 17.7 Å². The molecule has 2 atom stereocenters. The van der Waals surface area contributed by atoms with Crippen molar-refractivity contribution in [1.82, 2.24) is 0 Å². The number of amides is 1. The normalized spacial score (nSPS) is 23.1. The van der Waals surface area contributed by atoms with Crippen LogP contribution in [-0.4, -0.2) is 25.5 Å². The molecule has 0 saturated carbocycles.